The maximum absolute atomic E-state index is 13.6. The molecule has 7 nitrogen and oxygen atoms in total. The van der Waals surface area contributed by atoms with Crippen LogP contribution >= 0.6 is 11.6 Å². The zero-order valence-electron chi connectivity index (χ0n) is 22.4. The topological polar surface area (TPSA) is 105 Å². The van der Waals surface area contributed by atoms with Gasteiger partial charge in [0.2, 0.25) is 17.7 Å². The first-order valence-electron chi connectivity index (χ1n) is 13.4. The number of pyridine rings is 1. The number of nitrogens with two attached hydrogens (primary N) is 1. The highest BCUT2D eigenvalue weighted by Crippen LogP contribution is 2.27. The molecule has 1 saturated heterocycles. The fourth-order valence-electron chi connectivity index (χ4n) is 5.12. The van der Waals surface area contributed by atoms with Crippen LogP contribution in [0.5, 0.6) is 0 Å². The van der Waals surface area contributed by atoms with Gasteiger partial charge in [-0.1, -0.05) is 44.9 Å². The van der Waals surface area contributed by atoms with E-state index < -0.39 is 29.6 Å². The Morgan fingerprint density at radius 2 is 1.95 bits per heavy atom. The van der Waals surface area contributed by atoms with Crippen molar-refractivity contribution >= 4 is 29.3 Å². The summed E-state index contributed by atoms with van der Waals surface area (Å²) in [6, 6.07) is 5.73. The zero-order chi connectivity index (χ0) is 27.8. The van der Waals surface area contributed by atoms with Gasteiger partial charge in [0.15, 0.2) is 0 Å². The third kappa shape index (κ3) is 7.76. The molecule has 1 fully saturated rings. The van der Waals surface area contributed by atoms with E-state index in [9.17, 15) is 18.8 Å². The Bertz CT molecular complexity index is 1140. The largest absolute Gasteiger partial charge is 0.369 e. The predicted molar refractivity (Wildman–Crippen MR) is 146 cm³/mol. The number of likely N-dealkylation sites (tertiary alicyclic amines) is 1. The molecule has 0 aliphatic carbocycles. The SMILES string of the molecule is CCC[C@H](C(N)=O)C(CC(C)C)C(=O)N[C@H]1CCCCN(Cc2cncc(-c3ccc(F)c(Cl)c3)c2)C1=O. The van der Waals surface area contributed by atoms with Crippen molar-refractivity contribution in [3.8, 4) is 11.1 Å². The van der Waals surface area contributed by atoms with Crippen LogP contribution in [0.2, 0.25) is 5.02 Å². The van der Waals surface area contributed by atoms with Crippen LogP contribution in [0.25, 0.3) is 11.1 Å². The van der Waals surface area contributed by atoms with E-state index in [2.05, 4.69) is 10.3 Å². The van der Waals surface area contributed by atoms with Gasteiger partial charge in [0.1, 0.15) is 11.9 Å². The number of primary amides is 1. The van der Waals surface area contributed by atoms with Gasteiger partial charge in [-0.05, 0) is 67.3 Å². The zero-order valence-corrected chi connectivity index (χ0v) is 23.1. The van der Waals surface area contributed by atoms with Crippen molar-refractivity contribution in [3.05, 3.63) is 53.1 Å². The Morgan fingerprint density at radius 1 is 1.18 bits per heavy atom. The molecule has 1 aromatic carbocycles. The number of halogens is 2. The summed E-state index contributed by atoms with van der Waals surface area (Å²) in [6.45, 7) is 6.86. The summed E-state index contributed by atoms with van der Waals surface area (Å²) in [6.07, 6.45) is 7.31. The Kier molecular flexibility index (Phi) is 10.6. The Hall–Kier alpha value is -3.00. The van der Waals surface area contributed by atoms with Crippen LogP contribution in [0.15, 0.2) is 36.7 Å². The van der Waals surface area contributed by atoms with Crippen molar-refractivity contribution in [2.75, 3.05) is 6.54 Å². The second kappa shape index (κ2) is 13.7. The lowest BCUT2D eigenvalue weighted by atomic mass is 9.81. The fraction of sp³-hybridized carbons (Fsp3) is 0.517. The molecule has 3 N–H and O–H groups in total. The number of amides is 3. The summed E-state index contributed by atoms with van der Waals surface area (Å²) in [5.41, 5.74) is 7.98. The molecule has 1 aliphatic rings. The number of aromatic nitrogens is 1. The molecule has 0 spiro atoms. The predicted octanol–water partition coefficient (Wildman–Crippen LogP) is 5.10. The van der Waals surface area contributed by atoms with Crippen molar-refractivity contribution in [3.63, 3.8) is 0 Å². The Labute approximate surface area is 229 Å². The van der Waals surface area contributed by atoms with Crippen LogP contribution in [-0.2, 0) is 20.9 Å². The van der Waals surface area contributed by atoms with E-state index in [1.54, 1.807) is 29.4 Å². The molecule has 1 aliphatic heterocycles. The molecule has 206 valence electrons. The van der Waals surface area contributed by atoms with E-state index in [0.717, 1.165) is 36.0 Å². The molecular weight excluding hydrogens is 507 g/mol. The molecule has 1 unspecified atom stereocenters. The Balaban J connectivity index is 1.76. The smallest absolute Gasteiger partial charge is 0.245 e. The molecule has 38 heavy (non-hydrogen) atoms. The minimum absolute atomic E-state index is 0.0301. The van der Waals surface area contributed by atoms with E-state index in [-0.39, 0.29) is 22.8 Å². The average Bonchev–Trinajstić information content (AvgIpc) is 3.04. The minimum atomic E-state index is -0.665. The summed E-state index contributed by atoms with van der Waals surface area (Å²) in [7, 11) is 0. The molecule has 2 heterocycles. The average molecular weight is 545 g/mol. The standard InChI is InChI=1S/C29H38ClFN4O3/c1-4-7-22(27(32)36)23(12-18(2)3)28(37)34-26-8-5-6-11-35(29(26)38)17-19-13-21(16-33-15-19)20-9-10-25(31)24(30)14-20/h9-10,13-16,18,22-23,26H,4-8,11-12,17H2,1-3H3,(H2,32,36)(H,34,37)/t22-,23?,26-/m0/s1. The van der Waals surface area contributed by atoms with Crippen LogP contribution in [0, 0.1) is 23.6 Å². The number of hydrogen-bond acceptors (Lipinski definition) is 4. The van der Waals surface area contributed by atoms with Crippen molar-refractivity contribution in [2.24, 2.45) is 23.5 Å². The molecular formula is C29H38ClFN4O3. The molecule has 1 aromatic heterocycles. The highest BCUT2D eigenvalue weighted by molar-refractivity contribution is 6.31. The van der Waals surface area contributed by atoms with E-state index >= 15 is 0 Å². The molecule has 3 rings (SSSR count). The van der Waals surface area contributed by atoms with Crippen molar-refractivity contribution in [1.82, 2.24) is 15.2 Å². The quantitative estimate of drug-likeness (QED) is 0.410. The van der Waals surface area contributed by atoms with Crippen molar-refractivity contribution in [1.29, 1.82) is 0 Å². The summed E-state index contributed by atoms with van der Waals surface area (Å²) in [5.74, 6) is -2.34. The number of hydrogen-bond donors (Lipinski definition) is 2. The third-order valence-corrected chi connectivity index (χ3v) is 7.32. The lowest BCUT2D eigenvalue weighted by molar-refractivity contribution is -0.139. The van der Waals surface area contributed by atoms with Gasteiger partial charge in [-0.3, -0.25) is 19.4 Å². The van der Waals surface area contributed by atoms with E-state index in [0.29, 0.717) is 32.4 Å². The first-order valence-corrected chi connectivity index (χ1v) is 13.8. The molecule has 0 saturated carbocycles. The van der Waals surface area contributed by atoms with Crippen LogP contribution < -0.4 is 11.1 Å². The van der Waals surface area contributed by atoms with E-state index in [1.165, 1.54) is 6.07 Å². The number of benzene rings is 1. The van der Waals surface area contributed by atoms with Crippen LogP contribution in [-0.4, -0.2) is 40.2 Å². The van der Waals surface area contributed by atoms with E-state index in [1.807, 2.05) is 26.8 Å². The van der Waals surface area contributed by atoms with Crippen molar-refractivity contribution < 1.29 is 18.8 Å². The van der Waals surface area contributed by atoms with E-state index in [4.69, 9.17) is 17.3 Å². The van der Waals surface area contributed by atoms with Crippen LogP contribution in [0.3, 0.4) is 0 Å². The summed E-state index contributed by atoms with van der Waals surface area (Å²) in [5, 5.41) is 3.00. The molecule has 0 bridgehead atoms. The number of carbonyl (C=O) groups excluding carboxylic acids is 3. The highest BCUT2D eigenvalue weighted by Gasteiger charge is 2.35. The summed E-state index contributed by atoms with van der Waals surface area (Å²) >= 11 is 5.95. The lowest BCUT2D eigenvalue weighted by Gasteiger charge is -2.29. The molecule has 9 heteroatoms. The van der Waals surface area contributed by atoms with Crippen LogP contribution in [0.4, 0.5) is 4.39 Å². The lowest BCUT2D eigenvalue weighted by Crippen LogP contribution is -2.50. The van der Waals surface area contributed by atoms with Gasteiger partial charge in [-0.2, -0.15) is 0 Å². The number of rotatable bonds is 11. The monoisotopic (exact) mass is 544 g/mol. The normalized spacial score (nSPS) is 17.7. The molecule has 3 amide bonds. The molecule has 3 atom stereocenters. The third-order valence-electron chi connectivity index (χ3n) is 7.03. The maximum Gasteiger partial charge on any atom is 0.245 e. The molecule has 2 aromatic rings. The maximum atomic E-state index is 13.6. The summed E-state index contributed by atoms with van der Waals surface area (Å²) in [4.78, 5) is 45.2. The van der Waals surface area contributed by atoms with Gasteiger partial charge in [-0.25, -0.2) is 4.39 Å². The Morgan fingerprint density at radius 3 is 2.61 bits per heavy atom. The van der Waals surface area contributed by atoms with Gasteiger partial charge in [0.25, 0.3) is 0 Å². The number of carbonyl (C=O) groups is 3. The number of nitrogens with one attached hydrogen (secondary N) is 1. The van der Waals surface area contributed by atoms with Crippen molar-refractivity contribution in [2.45, 2.75) is 71.9 Å². The second-order valence-corrected chi connectivity index (χ2v) is 11.0. The van der Waals surface area contributed by atoms with Gasteiger partial charge < -0.3 is 16.0 Å². The van der Waals surface area contributed by atoms with Crippen LogP contribution in [0.1, 0.15) is 64.9 Å². The fourth-order valence-corrected chi connectivity index (χ4v) is 5.30. The number of nitrogens with zero attached hydrogens (tertiary/aromatic N) is 2. The second-order valence-electron chi connectivity index (χ2n) is 10.6. The minimum Gasteiger partial charge on any atom is -0.369 e. The van der Waals surface area contributed by atoms with Gasteiger partial charge in [0, 0.05) is 42.9 Å². The first kappa shape index (κ1) is 29.6. The first-order chi connectivity index (χ1) is 18.1. The van der Waals surface area contributed by atoms with Gasteiger partial charge >= 0.3 is 0 Å². The highest BCUT2D eigenvalue weighted by atomic mass is 35.5. The molecule has 0 radical (unpaired) electrons. The van der Waals surface area contributed by atoms with Gasteiger partial charge in [-0.15, -0.1) is 0 Å². The summed E-state index contributed by atoms with van der Waals surface area (Å²) < 4.78 is 13.6. The van der Waals surface area contributed by atoms with Gasteiger partial charge in [0.05, 0.1) is 5.02 Å².